The number of halogens is 1. The standard InChI is InChI=1S/C13H18ClNO5S/c1-9(2)5-4-6-20-12-7-10(3)13(21(14,18)19)8-11(12)15(16)17/h7-9H,4-6H2,1-3H3. The van der Waals surface area contributed by atoms with Gasteiger partial charge in [-0.1, -0.05) is 13.8 Å². The molecule has 1 rings (SSSR count). The van der Waals surface area contributed by atoms with Gasteiger partial charge in [-0.3, -0.25) is 10.1 Å². The van der Waals surface area contributed by atoms with Gasteiger partial charge < -0.3 is 4.74 Å². The van der Waals surface area contributed by atoms with Gasteiger partial charge in [0.2, 0.25) is 0 Å². The molecule has 21 heavy (non-hydrogen) atoms. The summed E-state index contributed by atoms with van der Waals surface area (Å²) in [5, 5.41) is 11.0. The van der Waals surface area contributed by atoms with E-state index < -0.39 is 19.7 Å². The molecule has 8 heteroatoms. The minimum atomic E-state index is -4.03. The van der Waals surface area contributed by atoms with Crippen LogP contribution in [0.1, 0.15) is 32.3 Å². The molecule has 0 aliphatic rings. The summed E-state index contributed by atoms with van der Waals surface area (Å²) in [6.07, 6.45) is 1.71. The summed E-state index contributed by atoms with van der Waals surface area (Å²) in [6.45, 7) is 6.00. The van der Waals surface area contributed by atoms with Crippen molar-refractivity contribution in [2.24, 2.45) is 5.92 Å². The van der Waals surface area contributed by atoms with E-state index in [0.717, 1.165) is 18.9 Å². The Labute approximate surface area is 128 Å². The van der Waals surface area contributed by atoms with Crippen molar-refractivity contribution in [3.63, 3.8) is 0 Å². The van der Waals surface area contributed by atoms with Crippen LogP contribution in [-0.2, 0) is 9.05 Å². The highest BCUT2D eigenvalue weighted by atomic mass is 35.7. The van der Waals surface area contributed by atoms with Gasteiger partial charge in [0.25, 0.3) is 9.05 Å². The largest absolute Gasteiger partial charge is 0.487 e. The zero-order valence-corrected chi connectivity index (χ0v) is 13.7. The second kappa shape index (κ2) is 7.09. The van der Waals surface area contributed by atoms with E-state index in [4.69, 9.17) is 15.4 Å². The molecular formula is C13H18ClNO5S. The molecule has 1 aromatic carbocycles. The lowest BCUT2D eigenvalue weighted by Gasteiger charge is -2.10. The fourth-order valence-corrected chi connectivity index (χ4v) is 3.04. The Balaban J connectivity index is 3.04. The van der Waals surface area contributed by atoms with Gasteiger partial charge in [-0.05, 0) is 37.3 Å². The summed E-state index contributed by atoms with van der Waals surface area (Å²) in [4.78, 5) is 10.1. The van der Waals surface area contributed by atoms with Gasteiger partial charge in [0.1, 0.15) is 0 Å². The molecule has 0 amide bonds. The fourth-order valence-electron chi connectivity index (χ4n) is 1.85. The summed E-state index contributed by atoms with van der Waals surface area (Å²) < 4.78 is 28.2. The Hall–Kier alpha value is -1.34. The highest BCUT2D eigenvalue weighted by Crippen LogP contribution is 2.33. The van der Waals surface area contributed by atoms with Gasteiger partial charge in [0.15, 0.2) is 5.75 Å². The molecule has 0 aliphatic heterocycles. The summed E-state index contributed by atoms with van der Waals surface area (Å²) in [7, 11) is 1.23. The molecule has 0 N–H and O–H groups in total. The molecule has 0 radical (unpaired) electrons. The maximum absolute atomic E-state index is 11.4. The molecule has 0 aromatic heterocycles. The Morgan fingerprint density at radius 2 is 2.00 bits per heavy atom. The molecule has 0 atom stereocenters. The van der Waals surface area contributed by atoms with Crippen molar-refractivity contribution in [2.45, 2.75) is 38.5 Å². The van der Waals surface area contributed by atoms with Crippen LogP contribution in [0.2, 0.25) is 0 Å². The van der Waals surface area contributed by atoms with Crippen LogP contribution in [0.3, 0.4) is 0 Å². The number of benzene rings is 1. The highest BCUT2D eigenvalue weighted by molar-refractivity contribution is 8.13. The van der Waals surface area contributed by atoms with Gasteiger partial charge in [-0.15, -0.1) is 0 Å². The maximum Gasteiger partial charge on any atom is 0.312 e. The Morgan fingerprint density at radius 3 is 2.48 bits per heavy atom. The van der Waals surface area contributed by atoms with E-state index >= 15 is 0 Å². The number of rotatable bonds is 7. The van der Waals surface area contributed by atoms with Gasteiger partial charge in [0, 0.05) is 16.7 Å². The Bertz CT molecular complexity index is 628. The number of nitro benzene ring substituents is 1. The van der Waals surface area contributed by atoms with Gasteiger partial charge >= 0.3 is 5.69 Å². The first-order valence-electron chi connectivity index (χ1n) is 6.49. The van der Waals surface area contributed by atoms with E-state index in [9.17, 15) is 18.5 Å². The van der Waals surface area contributed by atoms with E-state index in [1.54, 1.807) is 0 Å². The first-order valence-corrected chi connectivity index (χ1v) is 8.80. The highest BCUT2D eigenvalue weighted by Gasteiger charge is 2.23. The first kappa shape index (κ1) is 17.7. The van der Waals surface area contributed by atoms with Crippen molar-refractivity contribution in [3.05, 3.63) is 27.8 Å². The fraction of sp³-hybridized carbons (Fsp3) is 0.538. The lowest BCUT2D eigenvalue weighted by molar-refractivity contribution is -0.386. The third-order valence-corrected chi connectivity index (χ3v) is 4.36. The smallest absolute Gasteiger partial charge is 0.312 e. The van der Waals surface area contributed by atoms with Gasteiger partial charge in [-0.2, -0.15) is 0 Å². The van der Waals surface area contributed by atoms with Crippen molar-refractivity contribution in [1.82, 2.24) is 0 Å². The number of aryl methyl sites for hydroxylation is 1. The van der Waals surface area contributed by atoms with E-state index in [0.29, 0.717) is 18.1 Å². The first-order chi connectivity index (χ1) is 9.62. The number of nitrogens with zero attached hydrogens (tertiary/aromatic N) is 1. The predicted octanol–water partition coefficient (Wildman–Crippen LogP) is 3.65. The number of ether oxygens (including phenoxy) is 1. The summed E-state index contributed by atoms with van der Waals surface area (Å²) in [6, 6.07) is 2.28. The van der Waals surface area contributed by atoms with Crippen molar-refractivity contribution < 1.29 is 18.1 Å². The van der Waals surface area contributed by atoms with Crippen LogP contribution in [0.5, 0.6) is 5.75 Å². The van der Waals surface area contributed by atoms with Crippen LogP contribution < -0.4 is 4.74 Å². The summed E-state index contributed by atoms with van der Waals surface area (Å²) in [5.74, 6) is 0.583. The number of hydrogen-bond acceptors (Lipinski definition) is 5. The summed E-state index contributed by atoms with van der Waals surface area (Å²) >= 11 is 0. The molecule has 0 saturated heterocycles. The monoisotopic (exact) mass is 335 g/mol. The normalized spacial score (nSPS) is 11.7. The van der Waals surface area contributed by atoms with Crippen LogP contribution in [0, 0.1) is 23.0 Å². The average Bonchev–Trinajstić information content (AvgIpc) is 2.32. The third kappa shape index (κ3) is 5.17. The number of hydrogen-bond donors (Lipinski definition) is 0. The third-order valence-electron chi connectivity index (χ3n) is 2.90. The van der Waals surface area contributed by atoms with E-state index in [-0.39, 0.29) is 10.6 Å². The minimum absolute atomic E-state index is 0.0605. The molecular weight excluding hydrogens is 318 g/mol. The zero-order chi connectivity index (χ0) is 16.2. The van der Waals surface area contributed by atoms with Crippen molar-refractivity contribution in [1.29, 1.82) is 0 Å². The van der Waals surface area contributed by atoms with Crippen LogP contribution in [0.25, 0.3) is 0 Å². The SMILES string of the molecule is Cc1cc(OCCCC(C)C)c([N+](=O)[O-])cc1S(=O)(=O)Cl. The van der Waals surface area contributed by atoms with Gasteiger partial charge in [0.05, 0.1) is 16.4 Å². The van der Waals surface area contributed by atoms with Crippen molar-refractivity contribution >= 4 is 25.4 Å². The van der Waals surface area contributed by atoms with Crippen LogP contribution in [0.15, 0.2) is 17.0 Å². The Kier molecular flexibility index (Phi) is 5.98. The number of nitro groups is 1. The molecule has 0 fully saturated rings. The topological polar surface area (TPSA) is 86.5 Å². The van der Waals surface area contributed by atoms with Gasteiger partial charge in [-0.25, -0.2) is 8.42 Å². The van der Waals surface area contributed by atoms with Crippen LogP contribution >= 0.6 is 10.7 Å². The Morgan fingerprint density at radius 1 is 1.38 bits per heavy atom. The molecule has 0 aliphatic carbocycles. The molecule has 1 aromatic rings. The second-order valence-corrected chi connectivity index (χ2v) is 7.70. The predicted molar refractivity (Wildman–Crippen MR) is 80.4 cm³/mol. The molecule has 0 saturated carbocycles. The molecule has 0 bridgehead atoms. The van der Waals surface area contributed by atoms with Crippen molar-refractivity contribution in [3.8, 4) is 5.75 Å². The zero-order valence-electron chi connectivity index (χ0n) is 12.1. The maximum atomic E-state index is 11.4. The van der Waals surface area contributed by atoms with E-state index in [1.807, 2.05) is 0 Å². The van der Waals surface area contributed by atoms with Crippen molar-refractivity contribution in [2.75, 3.05) is 6.61 Å². The average molecular weight is 336 g/mol. The molecule has 6 nitrogen and oxygen atoms in total. The van der Waals surface area contributed by atoms with E-state index in [1.165, 1.54) is 13.0 Å². The lowest BCUT2D eigenvalue weighted by Crippen LogP contribution is -2.04. The summed E-state index contributed by atoms with van der Waals surface area (Å²) in [5.41, 5.74) is -0.0844. The van der Waals surface area contributed by atoms with Crippen LogP contribution in [0.4, 0.5) is 5.69 Å². The second-order valence-electron chi connectivity index (χ2n) is 5.16. The minimum Gasteiger partial charge on any atom is -0.487 e. The van der Waals surface area contributed by atoms with E-state index in [2.05, 4.69) is 13.8 Å². The molecule has 0 spiro atoms. The lowest BCUT2D eigenvalue weighted by atomic mass is 10.1. The molecule has 118 valence electrons. The van der Waals surface area contributed by atoms with Crippen LogP contribution in [-0.4, -0.2) is 19.9 Å². The quantitative estimate of drug-likeness (QED) is 0.328. The molecule has 0 heterocycles. The molecule has 0 unspecified atom stereocenters.